The SMILES string of the molecule is Cc1nc(CO[C@@H]2CCNC[C@H]2Cc2ccccc2)cs1. The van der Waals surface area contributed by atoms with Crippen molar-refractivity contribution in [1.29, 1.82) is 0 Å². The molecule has 112 valence electrons. The molecule has 0 unspecified atom stereocenters. The molecular formula is C17H22N2OS. The van der Waals surface area contributed by atoms with E-state index < -0.39 is 0 Å². The number of aromatic nitrogens is 1. The molecule has 0 bridgehead atoms. The Morgan fingerprint density at radius 3 is 2.95 bits per heavy atom. The molecule has 0 spiro atoms. The Hall–Kier alpha value is -1.23. The molecule has 2 aromatic rings. The first-order valence-corrected chi connectivity index (χ1v) is 8.46. The van der Waals surface area contributed by atoms with Crippen LogP contribution in [0.25, 0.3) is 0 Å². The number of nitrogens with one attached hydrogen (secondary N) is 1. The monoisotopic (exact) mass is 302 g/mol. The second-order valence-electron chi connectivity index (χ2n) is 5.65. The second kappa shape index (κ2) is 7.16. The molecule has 1 saturated heterocycles. The van der Waals surface area contributed by atoms with Gasteiger partial charge in [-0.1, -0.05) is 30.3 Å². The molecule has 3 rings (SSSR count). The van der Waals surface area contributed by atoms with Crippen molar-refractivity contribution in [3.05, 3.63) is 52.0 Å². The second-order valence-corrected chi connectivity index (χ2v) is 6.71. The van der Waals surface area contributed by atoms with Gasteiger partial charge in [0, 0.05) is 17.8 Å². The van der Waals surface area contributed by atoms with E-state index in [-0.39, 0.29) is 0 Å². The summed E-state index contributed by atoms with van der Waals surface area (Å²) in [5.74, 6) is 0.542. The molecule has 0 amide bonds. The predicted octanol–water partition coefficient (Wildman–Crippen LogP) is 3.19. The van der Waals surface area contributed by atoms with Crippen LogP contribution in [0.15, 0.2) is 35.7 Å². The number of benzene rings is 1. The number of hydrogen-bond donors (Lipinski definition) is 1. The van der Waals surface area contributed by atoms with E-state index in [2.05, 4.69) is 46.0 Å². The topological polar surface area (TPSA) is 34.1 Å². The molecule has 0 aliphatic carbocycles. The van der Waals surface area contributed by atoms with Crippen LogP contribution in [-0.2, 0) is 17.8 Å². The summed E-state index contributed by atoms with van der Waals surface area (Å²) in [5, 5.41) is 6.70. The lowest BCUT2D eigenvalue weighted by molar-refractivity contribution is -0.0163. The van der Waals surface area contributed by atoms with Crippen LogP contribution in [0.3, 0.4) is 0 Å². The predicted molar refractivity (Wildman–Crippen MR) is 86.6 cm³/mol. The van der Waals surface area contributed by atoms with Crippen LogP contribution >= 0.6 is 11.3 Å². The van der Waals surface area contributed by atoms with Crippen molar-refractivity contribution in [3.63, 3.8) is 0 Å². The lowest BCUT2D eigenvalue weighted by Crippen LogP contribution is -2.42. The van der Waals surface area contributed by atoms with Crippen LogP contribution in [0.1, 0.15) is 22.7 Å². The van der Waals surface area contributed by atoms with Crippen molar-refractivity contribution in [3.8, 4) is 0 Å². The normalized spacial score (nSPS) is 22.3. The van der Waals surface area contributed by atoms with E-state index in [4.69, 9.17) is 4.74 Å². The first-order chi connectivity index (χ1) is 10.3. The largest absolute Gasteiger partial charge is 0.371 e. The summed E-state index contributed by atoms with van der Waals surface area (Å²) >= 11 is 1.69. The van der Waals surface area contributed by atoms with Crippen LogP contribution in [0.2, 0.25) is 0 Å². The maximum atomic E-state index is 6.17. The van der Waals surface area contributed by atoms with E-state index in [9.17, 15) is 0 Å². The average molecular weight is 302 g/mol. The number of thiazole rings is 1. The van der Waals surface area contributed by atoms with Gasteiger partial charge in [-0.2, -0.15) is 0 Å². The molecule has 1 fully saturated rings. The summed E-state index contributed by atoms with van der Waals surface area (Å²) in [7, 11) is 0. The van der Waals surface area contributed by atoms with Crippen LogP contribution in [-0.4, -0.2) is 24.2 Å². The fraction of sp³-hybridized carbons (Fsp3) is 0.471. The van der Waals surface area contributed by atoms with E-state index in [0.29, 0.717) is 18.6 Å². The average Bonchev–Trinajstić information content (AvgIpc) is 2.93. The van der Waals surface area contributed by atoms with Gasteiger partial charge in [0.1, 0.15) is 0 Å². The molecule has 21 heavy (non-hydrogen) atoms. The number of nitrogens with zero attached hydrogens (tertiary/aromatic N) is 1. The highest BCUT2D eigenvalue weighted by molar-refractivity contribution is 7.09. The highest BCUT2D eigenvalue weighted by Gasteiger charge is 2.26. The Bertz CT molecular complexity index is 555. The van der Waals surface area contributed by atoms with Gasteiger partial charge in [-0.25, -0.2) is 4.98 Å². The van der Waals surface area contributed by atoms with Crippen LogP contribution < -0.4 is 5.32 Å². The van der Waals surface area contributed by atoms with Crippen LogP contribution in [0, 0.1) is 12.8 Å². The van der Waals surface area contributed by atoms with E-state index >= 15 is 0 Å². The van der Waals surface area contributed by atoms with Crippen molar-refractivity contribution < 1.29 is 4.74 Å². The maximum absolute atomic E-state index is 6.17. The molecule has 3 nitrogen and oxygen atoms in total. The fourth-order valence-corrected chi connectivity index (χ4v) is 3.50. The number of hydrogen-bond acceptors (Lipinski definition) is 4. The molecule has 1 aromatic carbocycles. The van der Waals surface area contributed by atoms with Crippen LogP contribution in [0.4, 0.5) is 0 Å². The quantitative estimate of drug-likeness (QED) is 0.921. The third-order valence-electron chi connectivity index (χ3n) is 3.99. The van der Waals surface area contributed by atoms with Crippen LogP contribution in [0.5, 0.6) is 0 Å². The van der Waals surface area contributed by atoms with Gasteiger partial charge < -0.3 is 10.1 Å². The molecule has 0 radical (unpaired) electrons. The van der Waals surface area contributed by atoms with Gasteiger partial charge in [0.25, 0.3) is 0 Å². The highest BCUT2D eigenvalue weighted by Crippen LogP contribution is 2.21. The Balaban J connectivity index is 1.58. The minimum Gasteiger partial charge on any atom is -0.371 e. The number of ether oxygens (including phenoxy) is 1. The van der Waals surface area contributed by atoms with E-state index in [1.165, 1.54) is 5.56 Å². The summed E-state index contributed by atoms with van der Waals surface area (Å²) < 4.78 is 6.17. The summed E-state index contributed by atoms with van der Waals surface area (Å²) in [4.78, 5) is 4.48. The standard InChI is InChI=1S/C17H22N2OS/c1-13-19-16(12-21-13)11-20-17-7-8-18-10-15(17)9-14-5-3-2-4-6-14/h2-6,12,15,17-18H,7-11H2,1H3/t15-,17-/m1/s1. The zero-order chi connectivity index (χ0) is 14.5. The Morgan fingerprint density at radius 2 is 2.19 bits per heavy atom. The molecule has 2 heterocycles. The van der Waals surface area contributed by atoms with Gasteiger partial charge in [0.05, 0.1) is 23.4 Å². The molecule has 1 aliphatic rings. The summed E-state index contributed by atoms with van der Waals surface area (Å²) in [6, 6.07) is 10.7. The third kappa shape index (κ3) is 4.13. The minimum atomic E-state index is 0.327. The van der Waals surface area contributed by atoms with Gasteiger partial charge in [0.15, 0.2) is 0 Å². The van der Waals surface area contributed by atoms with Gasteiger partial charge in [-0.05, 0) is 31.9 Å². The smallest absolute Gasteiger partial charge is 0.0900 e. The van der Waals surface area contributed by atoms with Gasteiger partial charge in [0.2, 0.25) is 0 Å². The van der Waals surface area contributed by atoms with E-state index in [1.807, 2.05) is 6.92 Å². The Kier molecular flexibility index (Phi) is 5.01. The van der Waals surface area contributed by atoms with Crippen molar-refractivity contribution in [2.24, 2.45) is 5.92 Å². The molecular weight excluding hydrogens is 280 g/mol. The van der Waals surface area contributed by atoms with Gasteiger partial charge in [-0.15, -0.1) is 11.3 Å². The molecule has 1 N–H and O–H groups in total. The molecule has 0 saturated carbocycles. The molecule has 1 aromatic heterocycles. The Labute approximate surface area is 130 Å². The number of piperidine rings is 1. The molecule has 4 heteroatoms. The number of rotatable bonds is 5. The van der Waals surface area contributed by atoms with Crippen molar-refractivity contribution in [2.45, 2.75) is 32.5 Å². The summed E-state index contributed by atoms with van der Waals surface area (Å²) in [5.41, 5.74) is 2.46. The van der Waals surface area contributed by atoms with Gasteiger partial charge in [-0.3, -0.25) is 0 Å². The first kappa shape index (κ1) is 14.7. The van der Waals surface area contributed by atoms with Crippen molar-refractivity contribution in [1.82, 2.24) is 10.3 Å². The molecule has 1 aliphatic heterocycles. The van der Waals surface area contributed by atoms with Gasteiger partial charge >= 0.3 is 0 Å². The summed E-state index contributed by atoms with van der Waals surface area (Å²) in [6.07, 6.45) is 2.49. The summed E-state index contributed by atoms with van der Waals surface area (Å²) in [6.45, 7) is 4.76. The highest BCUT2D eigenvalue weighted by atomic mass is 32.1. The lowest BCUT2D eigenvalue weighted by Gasteiger charge is -2.32. The third-order valence-corrected chi connectivity index (χ3v) is 4.81. The molecule has 2 atom stereocenters. The lowest BCUT2D eigenvalue weighted by atomic mass is 9.89. The zero-order valence-corrected chi connectivity index (χ0v) is 13.2. The Morgan fingerprint density at radius 1 is 1.33 bits per heavy atom. The fourth-order valence-electron chi connectivity index (χ4n) is 2.91. The maximum Gasteiger partial charge on any atom is 0.0900 e. The van der Waals surface area contributed by atoms with Crippen molar-refractivity contribution >= 4 is 11.3 Å². The zero-order valence-electron chi connectivity index (χ0n) is 12.4. The first-order valence-electron chi connectivity index (χ1n) is 7.58. The minimum absolute atomic E-state index is 0.327. The van der Waals surface area contributed by atoms with E-state index in [0.717, 1.165) is 36.6 Å². The van der Waals surface area contributed by atoms with E-state index in [1.54, 1.807) is 11.3 Å². The number of aryl methyl sites for hydroxylation is 1. The van der Waals surface area contributed by atoms with Crippen molar-refractivity contribution in [2.75, 3.05) is 13.1 Å².